The minimum Gasteiger partial charge on any atom is -0.458 e. The van der Waals surface area contributed by atoms with Crippen molar-refractivity contribution in [2.75, 3.05) is 0 Å². The van der Waals surface area contributed by atoms with E-state index in [1.807, 2.05) is 13.0 Å². The summed E-state index contributed by atoms with van der Waals surface area (Å²) in [5.74, 6) is -7.97. The summed E-state index contributed by atoms with van der Waals surface area (Å²) in [7, 11) is 0. The highest BCUT2D eigenvalue weighted by atomic mass is 16.7. The first-order valence-corrected chi connectivity index (χ1v) is 13.3. The molecule has 4 aliphatic heterocycles. The number of allylic oxidation sites excluding steroid dienone is 4. The van der Waals surface area contributed by atoms with Crippen molar-refractivity contribution in [1.29, 1.82) is 0 Å². The van der Waals surface area contributed by atoms with Crippen molar-refractivity contribution in [3.05, 3.63) is 23.8 Å². The Morgan fingerprint density at radius 1 is 1.05 bits per heavy atom. The van der Waals surface area contributed by atoms with E-state index in [-0.39, 0.29) is 25.0 Å². The van der Waals surface area contributed by atoms with Crippen molar-refractivity contribution in [3.8, 4) is 0 Å². The van der Waals surface area contributed by atoms with Gasteiger partial charge in [-0.05, 0) is 63.4 Å². The predicted octanol–water partition coefficient (Wildman–Crippen LogP) is 1.54. The molecule has 4 saturated heterocycles. The third-order valence-electron chi connectivity index (χ3n) is 11.8. The van der Waals surface area contributed by atoms with Crippen LogP contribution in [0.15, 0.2) is 23.8 Å². The lowest BCUT2D eigenvalue weighted by atomic mass is 9.46. The largest absolute Gasteiger partial charge is 0.458 e. The Morgan fingerprint density at radius 2 is 1.78 bits per heavy atom. The average molecular weight is 513 g/mol. The smallest absolute Gasteiger partial charge is 0.342 e. The number of esters is 2. The molecule has 3 aliphatic carbocycles. The summed E-state index contributed by atoms with van der Waals surface area (Å²) in [5.41, 5.74) is -7.09. The number of carbonyl (C=O) groups excluding carboxylic acids is 4. The third kappa shape index (κ3) is 2.17. The molecule has 9 heteroatoms. The van der Waals surface area contributed by atoms with Gasteiger partial charge in [-0.3, -0.25) is 14.4 Å². The molecule has 1 spiro atoms. The Hall–Kier alpha value is -2.36. The number of ketones is 2. The summed E-state index contributed by atoms with van der Waals surface area (Å²) in [6.45, 7) is 6.80. The zero-order valence-electron chi connectivity index (χ0n) is 21.4. The van der Waals surface area contributed by atoms with Crippen molar-refractivity contribution in [1.82, 2.24) is 0 Å². The minimum absolute atomic E-state index is 0.118. The monoisotopic (exact) mass is 512 g/mol. The molecule has 0 amide bonds. The van der Waals surface area contributed by atoms with Crippen molar-refractivity contribution in [3.63, 3.8) is 0 Å². The number of hydrogen-bond acceptors (Lipinski definition) is 9. The number of rotatable bonds is 0. The van der Waals surface area contributed by atoms with Gasteiger partial charge < -0.3 is 24.4 Å². The maximum Gasteiger partial charge on any atom is 0.342 e. The quantitative estimate of drug-likeness (QED) is 0.366. The molecule has 37 heavy (non-hydrogen) atoms. The molecular formula is C28H32O9. The second kappa shape index (κ2) is 6.43. The number of fused-ring (bicyclic) bond motifs is 9. The fraction of sp³-hybridized carbons (Fsp3) is 0.714. The molecule has 4 bridgehead atoms. The van der Waals surface area contributed by atoms with E-state index in [9.17, 15) is 29.4 Å². The number of carbonyl (C=O) groups is 4. The van der Waals surface area contributed by atoms with Gasteiger partial charge in [0, 0.05) is 5.92 Å². The van der Waals surface area contributed by atoms with Crippen LogP contribution in [0, 0.1) is 34.5 Å². The normalized spacial score (nSPS) is 57.4. The van der Waals surface area contributed by atoms with E-state index in [1.54, 1.807) is 19.9 Å². The number of aliphatic hydroxyl groups is 2. The van der Waals surface area contributed by atoms with E-state index < -0.39 is 80.9 Å². The van der Waals surface area contributed by atoms with Gasteiger partial charge in [0.1, 0.15) is 6.10 Å². The van der Waals surface area contributed by atoms with Crippen molar-refractivity contribution >= 4 is 23.5 Å². The number of hydrogen-bond donors (Lipinski definition) is 2. The summed E-state index contributed by atoms with van der Waals surface area (Å²) in [5, 5.41) is 24.6. The van der Waals surface area contributed by atoms with E-state index in [2.05, 4.69) is 0 Å². The first kappa shape index (κ1) is 23.7. The van der Waals surface area contributed by atoms with E-state index >= 15 is 0 Å². The minimum atomic E-state index is -2.39. The third-order valence-corrected chi connectivity index (χ3v) is 11.8. The van der Waals surface area contributed by atoms with Crippen LogP contribution in [-0.2, 0) is 33.4 Å². The molecule has 198 valence electrons. The molecule has 4 heterocycles. The van der Waals surface area contributed by atoms with Gasteiger partial charge in [-0.25, -0.2) is 4.79 Å². The van der Waals surface area contributed by atoms with Gasteiger partial charge in [0.15, 0.2) is 28.4 Å². The van der Waals surface area contributed by atoms with E-state index in [0.717, 1.165) is 5.57 Å². The molecule has 0 aromatic carbocycles. The van der Waals surface area contributed by atoms with Crippen molar-refractivity contribution in [2.45, 2.75) is 88.5 Å². The first-order chi connectivity index (χ1) is 17.2. The Kier molecular flexibility index (Phi) is 4.13. The lowest BCUT2D eigenvalue weighted by Crippen LogP contribution is -2.78. The van der Waals surface area contributed by atoms with Crippen molar-refractivity contribution in [2.24, 2.45) is 34.5 Å². The van der Waals surface area contributed by atoms with E-state index in [0.29, 0.717) is 12.8 Å². The summed E-state index contributed by atoms with van der Waals surface area (Å²) < 4.78 is 18.1. The van der Waals surface area contributed by atoms with Gasteiger partial charge in [0.25, 0.3) is 0 Å². The predicted molar refractivity (Wildman–Crippen MR) is 124 cm³/mol. The molecule has 3 unspecified atom stereocenters. The highest BCUT2D eigenvalue weighted by Gasteiger charge is 2.91. The molecule has 5 fully saturated rings. The first-order valence-electron chi connectivity index (χ1n) is 13.3. The van der Waals surface area contributed by atoms with Crippen LogP contribution in [-0.4, -0.2) is 62.4 Å². The molecular weight excluding hydrogens is 480 g/mol. The fourth-order valence-corrected chi connectivity index (χ4v) is 9.47. The lowest BCUT2D eigenvalue weighted by molar-refractivity contribution is -0.346. The van der Waals surface area contributed by atoms with Gasteiger partial charge in [-0.2, -0.15) is 0 Å². The maximum absolute atomic E-state index is 14.6. The highest BCUT2D eigenvalue weighted by molar-refractivity contribution is 6.00. The van der Waals surface area contributed by atoms with Crippen LogP contribution in [0.3, 0.4) is 0 Å². The molecule has 7 rings (SSSR count). The SMILES string of the molecule is C[C@@H]1C(=O)O[C@@H]2C[C@@]1(C)C1C(=O)C3(O)OC14[C@@](O)(CC[C@H]1[C@H]3CC=C3CC=CC(=O)[C@@]31C)C(=O)O[C@@]24C. The zero-order chi connectivity index (χ0) is 26.6. The molecule has 9 nitrogen and oxygen atoms in total. The Morgan fingerprint density at radius 3 is 2.51 bits per heavy atom. The second-order valence-corrected chi connectivity index (χ2v) is 12.9. The van der Waals surface area contributed by atoms with Crippen LogP contribution in [0.2, 0.25) is 0 Å². The lowest BCUT2D eigenvalue weighted by Gasteiger charge is -2.61. The van der Waals surface area contributed by atoms with Gasteiger partial charge in [-0.15, -0.1) is 0 Å². The van der Waals surface area contributed by atoms with E-state index in [4.69, 9.17) is 14.2 Å². The topological polar surface area (TPSA) is 136 Å². The van der Waals surface area contributed by atoms with Crippen LogP contribution < -0.4 is 0 Å². The van der Waals surface area contributed by atoms with Gasteiger partial charge in [0.05, 0.1) is 17.3 Å². The van der Waals surface area contributed by atoms with Gasteiger partial charge >= 0.3 is 11.9 Å². The molecule has 7 aliphatic rings. The molecule has 1 saturated carbocycles. The molecule has 2 N–H and O–H groups in total. The molecule has 0 aromatic rings. The summed E-state index contributed by atoms with van der Waals surface area (Å²) in [4.78, 5) is 54.5. The van der Waals surface area contributed by atoms with Gasteiger partial charge in [0.2, 0.25) is 5.79 Å². The van der Waals surface area contributed by atoms with Crippen LogP contribution in [0.1, 0.15) is 59.8 Å². The summed E-state index contributed by atoms with van der Waals surface area (Å²) in [6, 6.07) is 0. The number of ether oxygens (including phenoxy) is 3. The molecule has 11 atom stereocenters. The van der Waals surface area contributed by atoms with Crippen LogP contribution in [0.5, 0.6) is 0 Å². The Balaban J connectivity index is 1.50. The Labute approximate surface area is 214 Å². The second-order valence-electron chi connectivity index (χ2n) is 12.9. The summed E-state index contributed by atoms with van der Waals surface area (Å²) >= 11 is 0. The molecule has 0 aromatic heterocycles. The van der Waals surface area contributed by atoms with Crippen LogP contribution in [0.4, 0.5) is 0 Å². The standard InChI is InChI=1S/C28H32O9/c1-13-21(31)35-18-12-23(13,2)19-20(30)27(34)16-9-8-14-6-5-7-17(29)24(14,3)15(16)10-11-26(33)22(32)36-25(18,4)28(19,26)37-27/h5,7-8,13,15-16,18-19,33-34H,6,9-12H2,1-4H3/t13-,15+,16-,18-,19?,23-,24+,25+,26-,27?,28?/m1/s1. The Bertz CT molecular complexity index is 1270. The van der Waals surface area contributed by atoms with Crippen LogP contribution >= 0.6 is 0 Å². The van der Waals surface area contributed by atoms with E-state index in [1.165, 1.54) is 13.0 Å². The number of Topliss-reactive ketones (excluding diaryl/α,β-unsaturated/α-hetero) is 1. The maximum atomic E-state index is 14.6. The summed E-state index contributed by atoms with van der Waals surface area (Å²) in [6.07, 6.45) is 5.49. The highest BCUT2D eigenvalue weighted by Crippen LogP contribution is 2.73. The van der Waals surface area contributed by atoms with Gasteiger partial charge in [-0.1, -0.05) is 31.6 Å². The van der Waals surface area contributed by atoms with Crippen LogP contribution in [0.25, 0.3) is 0 Å². The molecule has 0 radical (unpaired) electrons. The van der Waals surface area contributed by atoms with Crippen molar-refractivity contribution < 1.29 is 43.6 Å². The zero-order valence-corrected chi connectivity index (χ0v) is 21.4. The fourth-order valence-electron chi connectivity index (χ4n) is 9.47. The average Bonchev–Trinajstić information content (AvgIpc) is 3.19.